The van der Waals surface area contributed by atoms with Gasteiger partial charge in [-0.15, -0.1) is 0 Å². The summed E-state index contributed by atoms with van der Waals surface area (Å²) in [6.07, 6.45) is 0.410. The van der Waals surface area contributed by atoms with Crippen LogP contribution >= 0.6 is 11.8 Å². The van der Waals surface area contributed by atoms with E-state index in [0.717, 1.165) is 15.4 Å². The fraction of sp³-hybridized carbons (Fsp3) is 0.444. The highest BCUT2D eigenvalue weighted by Gasteiger charge is 2.57. The minimum atomic E-state index is -1.94. The Balaban J connectivity index is 1.50. The lowest BCUT2D eigenvalue weighted by atomic mass is 9.89. The summed E-state index contributed by atoms with van der Waals surface area (Å²) in [5.41, 5.74) is -0.573. The first-order chi connectivity index (χ1) is 16.0. The average molecular weight is 498 g/mol. The van der Waals surface area contributed by atoms with Crippen LogP contribution in [-0.2, 0) is 20.5 Å². The molecule has 5 nitrogen and oxygen atoms in total. The molecule has 2 heterocycles. The molecule has 0 aromatic heterocycles. The van der Waals surface area contributed by atoms with E-state index >= 15 is 0 Å². The topological polar surface area (TPSA) is 59.0 Å². The number of carbonyl (C=O) groups excluding carboxylic acids is 1. The quantitative estimate of drug-likeness (QED) is 0.381. The molecule has 1 amide bonds. The number of ether oxygens (including phenoxy) is 1. The number of benzene rings is 2. The first-order valence-corrected chi connectivity index (χ1v) is 15.5. The van der Waals surface area contributed by atoms with Gasteiger partial charge in [0.1, 0.15) is 11.9 Å². The smallest absolute Gasteiger partial charge is 0.264 e. The predicted octanol–water partition coefficient (Wildman–Crippen LogP) is 5.57. The fourth-order valence-electron chi connectivity index (χ4n) is 3.92. The SMILES string of the molecule is CC(C)(C)[Si](C)(C)OC[C@@H]1CC(Sc2ccccc2)=C(C2(O)CN(Cc3ccccc3)C2=O)O1. The fourth-order valence-corrected chi connectivity index (χ4v) is 6.11. The molecular formula is C27H35NO4SSi. The van der Waals surface area contributed by atoms with E-state index in [-0.39, 0.29) is 23.6 Å². The van der Waals surface area contributed by atoms with Gasteiger partial charge in [0.25, 0.3) is 5.91 Å². The maximum atomic E-state index is 13.2. The van der Waals surface area contributed by atoms with Crippen LogP contribution in [0, 0.1) is 0 Å². The number of aliphatic hydroxyl groups is 1. The zero-order valence-electron chi connectivity index (χ0n) is 20.7. The van der Waals surface area contributed by atoms with Crippen molar-refractivity contribution in [1.29, 1.82) is 0 Å². The molecule has 0 bridgehead atoms. The molecule has 1 unspecified atom stereocenters. The van der Waals surface area contributed by atoms with E-state index in [1.54, 1.807) is 16.7 Å². The monoisotopic (exact) mass is 497 g/mol. The van der Waals surface area contributed by atoms with Crippen LogP contribution in [0.4, 0.5) is 0 Å². The van der Waals surface area contributed by atoms with Crippen molar-refractivity contribution in [2.45, 2.75) is 68.5 Å². The molecule has 1 N–H and O–H groups in total. The van der Waals surface area contributed by atoms with Crippen molar-refractivity contribution in [3.63, 3.8) is 0 Å². The third-order valence-electron chi connectivity index (χ3n) is 7.02. The standard InChI is InChI=1S/C27H35NO4SSi/c1-26(2,3)34(4,5)31-18-21-16-23(33-22-14-10-7-11-15-22)24(32-21)27(30)19-28(25(27)29)17-20-12-8-6-9-13-20/h6-15,21,30H,16-19H2,1-5H3/t21-,27?/m0/s1. The highest BCUT2D eigenvalue weighted by atomic mass is 32.2. The highest BCUT2D eigenvalue weighted by molar-refractivity contribution is 8.03. The Hall–Kier alpha value is -2.06. The Morgan fingerprint density at radius 3 is 2.32 bits per heavy atom. The predicted molar refractivity (Wildman–Crippen MR) is 139 cm³/mol. The summed E-state index contributed by atoms with van der Waals surface area (Å²) in [4.78, 5) is 16.8. The summed E-state index contributed by atoms with van der Waals surface area (Å²) >= 11 is 1.57. The third-order valence-corrected chi connectivity index (χ3v) is 12.6. The van der Waals surface area contributed by atoms with Gasteiger partial charge in [0.2, 0.25) is 5.60 Å². The molecule has 182 valence electrons. The van der Waals surface area contributed by atoms with Crippen molar-refractivity contribution >= 4 is 26.0 Å². The number of nitrogens with zero attached hydrogens (tertiary/aromatic N) is 1. The van der Waals surface area contributed by atoms with E-state index in [0.29, 0.717) is 25.3 Å². The van der Waals surface area contributed by atoms with Gasteiger partial charge >= 0.3 is 0 Å². The Morgan fingerprint density at radius 1 is 1.12 bits per heavy atom. The van der Waals surface area contributed by atoms with Gasteiger partial charge in [0.15, 0.2) is 8.32 Å². The minimum absolute atomic E-state index is 0.101. The molecule has 34 heavy (non-hydrogen) atoms. The first kappa shape index (κ1) is 25.0. The molecule has 2 aromatic rings. The second kappa shape index (κ2) is 9.53. The molecule has 0 saturated carbocycles. The van der Waals surface area contributed by atoms with E-state index in [9.17, 15) is 9.90 Å². The van der Waals surface area contributed by atoms with Crippen molar-refractivity contribution in [1.82, 2.24) is 4.90 Å². The van der Waals surface area contributed by atoms with Crippen molar-refractivity contribution in [2.24, 2.45) is 0 Å². The Bertz CT molecular complexity index is 1050. The van der Waals surface area contributed by atoms with Gasteiger partial charge < -0.3 is 19.2 Å². The van der Waals surface area contributed by atoms with Crippen LogP contribution in [0.15, 0.2) is 76.2 Å². The second-order valence-corrected chi connectivity index (χ2v) is 16.7. The third kappa shape index (κ3) is 5.13. The zero-order valence-corrected chi connectivity index (χ0v) is 22.5. The lowest BCUT2D eigenvalue weighted by molar-refractivity contribution is -0.176. The Labute approximate surface area is 208 Å². The van der Waals surface area contributed by atoms with Gasteiger partial charge in [0, 0.05) is 22.8 Å². The number of thioether (sulfide) groups is 1. The lowest BCUT2D eigenvalue weighted by Gasteiger charge is -2.45. The molecule has 0 radical (unpaired) electrons. The largest absolute Gasteiger partial charge is 0.487 e. The van der Waals surface area contributed by atoms with Gasteiger partial charge in [-0.25, -0.2) is 0 Å². The highest BCUT2D eigenvalue weighted by Crippen LogP contribution is 2.46. The number of β-amino-alcohol motifs (C(OH)–C–C–N with tert-alkyl or cyclic N) is 1. The number of hydrogen-bond acceptors (Lipinski definition) is 5. The minimum Gasteiger partial charge on any atom is -0.487 e. The van der Waals surface area contributed by atoms with E-state index in [4.69, 9.17) is 9.16 Å². The maximum absolute atomic E-state index is 13.2. The number of rotatable bonds is 8. The molecule has 1 fully saturated rings. The Morgan fingerprint density at radius 2 is 1.74 bits per heavy atom. The number of amides is 1. The van der Waals surface area contributed by atoms with Crippen LogP contribution < -0.4 is 0 Å². The van der Waals surface area contributed by atoms with Crippen LogP contribution in [0.25, 0.3) is 0 Å². The van der Waals surface area contributed by atoms with E-state index in [1.165, 1.54) is 0 Å². The number of hydrogen-bond donors (Lipinski definition) is 1. The molecule has 2 aliphatic heterocycles. The maximum Gasteiger partial charge on any atom is 0.264 e. The normalized spacial score (nSPS) is 23.2. The molecule has 2 atom stereocenters. The van der Waals surface area contributed by atoms with Crippen LogP contribution in [-0.4, -0.2) is 49.1 Å². The summed E-state index contributed by atoms with van der Waals surface area (Å²) in [5, 5.41) is 11.5. The van der Waals surface area contributed by atoms with Crippen molar-refractivity contribution in [3.8, 4) is 0 Å². The van der Waals surface area contributed by atoms with Crippen LogP contribution in [0.1, 0.15) is 32.8 Å². The van der Waals surface area contributed by atoms with Crippen molar-refractivity contribution < 1.29 is 19.1 Å². The van der Waals surface area contributed by atoms with E-state index < -0.39 is 13.9 Å². The van der Waals surface area contributed by atoms with Crippen LogP contribution in [0.5, 0.6) is 0 Å². The van der Waals surface area contributed by atoms with Gasteiger partial charge in [-0.1, -0.05) is 81.1 Å². The first-order valence-electron chi connectivity index (χ1n) is 11.8. The molecule has 0 aliphatic carbocycles. The van der Waals surface area contributed by atoms with Gasteiger partial charge in [-0.05, 0) is 35.8 Å². The molecular weight excluding hydrogens is 462 g/mol. The molecule has 0 spiro atoms. The number of carbonyl (C=O) groups is 1. The molecule has 7 heteroatoms. The summed E-state index contributed by atoms with van der Waals surface area (Å²) in [7, 11) is -1.94. The molecule has 4 rings (SSSR count). The molecule has 2 aromatic carbocycles. The number of likely N-dealkylation sites (tertiary alicyclic amines) is 1. The molecule has 1 saturated heterocycles. The summed E-state index contributed by atoms with van der Waals surface area (Å²) < 4.78 is 12.7. The zero-order chi connectivity index (χ0) is 24.6. The van der Waals surface area contributed by atoms with Crippen molar-refractivity contribution in [2.75, 3.05) is 13.2 Å². The Kier molecular flexibility index (Phi) is 7.02. The second-order valence-electron chi connectivity index (χ2n) is 10.7. The van der Waals surface area contributed by atoms with Gasteiger partial charge in [-0.3, -0.25) is 4.79 Å². The van der Waals surface area contributed by atoms with E-state index in [2.05, 4.69) is 33.9 Å². The van der Waals surface area contributed by atoms with Gasteiger partial charge in [0.05, 0.1) is 13.2 Å². The van der Waals surface area contributed by atoms with E-state index in [1.807, 2.05) is 60.7 Å². The lowest BCUT2D eigenvalue weighted by Crippen LogP contribution is -2.67. The molecule has 2 aliphatic rings. The van der Waals surface area contributed by atoms with Crippen molar-refractivity contribution in [3.05, 3.63) is 76.9 Å². The van der Waals surface area contributed by atoms with Crippen LogP contribution in [0.3, 0.4) is 0 Å². The van der Waals surface area contributed by atoms with Gasteiger partial charge in [-0.2, -0.15) is 0 Å². The summed E-state index contributed by atoms with van der Waals surface area (Å²) in [6.45, 7) is 12.3. The average Bonchev–Trinajstić information content (AvgIpc) is 3.21. The van der Waals surface area contributed by atoms with Crippen LogP contribution in [0.2, 0.25) is 18.1 Å². The summed E-state index contributed by atoms with van der Waals surface area (Å²) in [6, 6.07) is 19.8. The summed E-state index contributed by atoms with van der Waals surface area (Å²) in [5.74, 6) is 0.1000. The number of β-lactam (4-membered cyclic amide) rings is 1.